The molecule has 0 saturated carbocycles. The molecule has 0 amide bonds. The van der Waals surface area contributed by atoms with Crippen LogP contribution >= 0.6 is 0 Å². The smallest absolute Gasteiger partial charge is 0.244 e. The maximum atomic E-state index is 10.4. The summed E-state index contributed by atoms with van der Waals surface area (Å²) in [4.78, 5) is 0. The van der Waals surface area contributed by atoms with E-state index in [1.807, 2.05) is 37.6 Å². The maximum Gasteiger partial charge on any atom is 0.244 e. The zero-order valence-electron chi connectivity index (χ0n) is 14.6. The van der Waals surface area contributed by atoms with Crippen LogP contribution in [-0.4, -0.2) is 22.4 Å². The van der Waals surface area contributed by atoms with Crippen LogP contribution in [0.4, 0.5) is 0 Å². The minimum atomic E-state index is -0.564. The van der Waals surface area contributed by atoms with Crippen LogP contribution in [0.2, 0.25) is 0 Å². The van der Waals surface area contributed by atoms with E-state index in [0.717, 1.165) is 23.2 Å². The Morgan fingerprint density at radius 2 is 2.00 bits per heavy atom. The van der Waals surface area contributed by atoms with E-state index in [2.05, 4.69) is 41.2 Å². The van der Waals surface area contributed by atoms with Crippen molar-refractivity contribution in [3.63, 3.8) is 0 Å². The summed E-state index contributed by atoms with van der Waals surface area (Å²) >= 11 is 0. The number of aryl methyl sites for hydroxylation is 3. The number of benzene rings is 2. The van der Waals surface area contributed by atoms with Crippen LogP contribution in [0.15, 0.2) is 48.8 Å². The first-order valence-corrected chi connectivity index (χ1v) is 8.41. The fraction of sp³-hybridized carbons (Fsp3) is 0.350. The third-order valence-electron chi connectivity index (χ3n) is 4.25. The Balaban J connectivity index is 1.67. The van der Waals surface area contributed by atoms with E-state index in [9.17, 15) is 5.11 Å². The average molecular weight is 325 g/mol. The maximum absolute atomic E-state index is 10.4. The topological polar surface area (TPSA) is 38.3 Å². The zero-order valence-corrected chi connectivity index (χ0v) is 14.6. The predicted octanol–water partition coefficient (Wildman–Crippen LogP) is 2.78. The SMILES string of the molecule is CCc1cc(C)cc(OC[C@@H](O)Cn2c[n+](C)c3ccccc32)c1. The van der Waals surface area contributed by atoms with Crippen molar-refractivity contribution in [2.24, 2.45) is 7.05 Å². The second-order valence-corrected chi connectivity index (χ2v) is 6.34. The molecule has 0 aliphatic heterocycles. The molecule has 2 aromatic carbocycles. The van der Waals surface area contributed by atoms with Crippen molar-refractivity contribution in [3.8, 4) is 5.75 Å². The van der Waals surface area contributed by atoms with Gasteiger partial charge in [-0.15, -0.1) is 0 Å². The number of hydrogen-bond donors (Lipinski definition) is 1. The summed E-state index contributed by atoms with van der Waals surface area (Å²) in [7, 11) is 2.01. The quantitative estimate of drug-likeness (QED) is 0.708. The number of fused-ring (bicyclic) bond motifs is 1. The largest absolute Gasteiger partial charge is 0.491 e. The predicted molar refractivity (Wildman–Crippen MR) is 95.2 cm³/mol. The Kier molecular flexibility index (Phi) is 4.86. The molecule has 126 valence electrons. The summed E-state index contributed by atoms with van der Waals surface area (Å²) in [5.74, 6) is 0.828. The first kappa shape index (κ1) is 16.5. The van der Waals surface area contributed by atoms with E-state index in [0.29, 0.717) is 6.54 Å². The van der Waals surface area contributed by atoms with Crippen molar-refractivity contribution >= 4 is 11.0 Å². The van der Waals surface area contributed by atoms with E-state index in [1.54, 1.807) is 0 Å². The second-order valence-electron chi connectivity index (χ2n) is 6.34. The van der Waals surface area contributed by atoms with Gasteiger partial charge in [0.2, 0.25) is 6.33 Å². The summed E-state index contributed by atoms with van der Waals surface area (Å²) in [5, 5.41) is 10.4. The van der Waals surface area contributed by atoms with Crippen LogP contribution in [0, 0.1) is 6.92 Å². The van der Waals surface area contributed by atoms with Gasteiger partial charge in [-0.05, 0) is 48.7 Å². The van der Waals surface area contributed by atoms with Crippen molar-refractivity contribution in [2.75, 3.05) is 6.61 Å². The first-order valence-electron chi connectivity index (χ1n) is 8.41. The van der Waals surface area contributed by atoms with Crippen molar-refractivity contribution in [2.45, 2.75) is 32.9 Å². The molecule has 0 spiro atoms. The Hall–Kier alpha value is -2.33. The molecule has 0 aliphatic rings. The van der Waals surface area contributed by atoms with Gasteiger partial charge in [-0.3, -0.25) is 0 Å². The molecule has 0 unspecified atom stereocenters. The zero-order chi connectivity index (χ0) is 17.1. The number of aromatic nitrogens is 2. The molecule has 3 rings (SSSR count). The van der Waals surface area contributed by atoms with Crippen LogP contribution in [-0.2, 0) is 20.0 Å². The minimum absolute atomic E-state index is 0.281. The molecule has 1 N–H and O–H groups in total. The molecule has 0 saturated heterocycles. The molecular weight excluding hydrogens is 300 g/mol. The lowest BCUT2D eigenvalue weighted by atomic mass is 10.1. The highest BCUT2D eigenvalue weighted by atomic mass is 16.5. The monoisotopic (exact) mass is 325 g/mol. The number of aliphatic hydroxyl groups is 1. The average Bonchev–Trinajstić information content (AvgIpc) is 2.89. The van der Waals surface area contributed by atoms with Gasteiger partial charge < -0.3 is 9.84 Å². The summed E-state index contributed by atoms with van der Waals surface area (Å²) in [6, 6.07) is 14.4. The molecule has 1 heterocycles. The van der Waals surface area contributed by atoms with Crippen LogP contribution in [0.25, 0.3) is 11.0 Å². The number of aliphatic hydroxyl groups excluding tert-OH is 1. The van der Waals surface area contributed by atoms with Gasteiger partial charge in [0, 0.05) is 0 Å². The third kappa shape index (κ3) is 3.60. The Morgan fingerprint density at radius 1 is 1.21 bits per heavy atom. The summed E-state index contributed by atoms with van der Waals surface area (Å²) in [6.07, 6.45) is 2.42. The van der Waals surface area contributed by atoms with E-state index in [4.69, 9.17) is 4.74 Å². The van der Waals surface area contributed by atoms with E-state index >= 15 is 0 Å². The van der Waals surface area contributed by atoms with Gasteiger partial charge in [0.25, 0.3) is 0 Å². The normalized spacial score (nSPS) is 12.5. The molecule has 0 radical (unpaired) electrons. The Morgan fingerprint density at radius 3 is 2.79 bits per heavy atom. The molecule has 1 aromatic heterocycles. The minimum Gasteiger partial charge on any atom is -0.491 e. The van der Waals surface area contributed by atoms with Crippen molar-refractivity contribution < 1.29 is 14.4 Å². The molecule has 0 fully saturated rings. The number of imidazole rings is 1. The van der Waals surface area contributed by atoms with Crippen molar-refractivity contribution in [1.29, 1.82) is 0 Å². The fourth-order valence-electron chi connectivity index (χ4n) is 3.07. The van der Waals surface area contributed by atoms with Gasteiger partial charge in [-0.1, -0.05) is 25.1 Å². The first-order chi connectivity index (χ1) is 11.6. The highest BCUT2D eigenvalue weighted by Crippen LogP contribution is 2.18. The molecular formula is C20H25N2O2+. The van der Waals surface area contributed by atoms with Crippen LogP contribution < -0.4 is 9.30 Å². The molecule has 4 nitrogen and oxygen atoms in total. The fourth-order valence-corrected chi connectivity index (χ4v) is 3.07. The van der Waals surface area contributed by atoms with Gasteiger partial charge in [0.05, 0.1) is 7.05 Å². The van der Waals surface area contributed by atoms with Gasteiger partial charge >= 0.3 is 0 Å². The standard InChI is InChI=1S/C20H25N2O2/c1-4-16-9-15(2)10-18(11-16)24-13-17(23)12-22-14-21(3)19-7-5-6-8-20(19)22/h5-11,14,17,23H,4,12-13H2,1-3H3/q+1/t17-/m0/s1. The number of para-hydroxylation sites is 2. The van der Waals surface area contributed by atoms with Gasteiger partial charge in [0.15, 0.2) is 11.0 Å². The van der Waals surface area contributed by atoms with Crippen molar-refractivity contribution in [3.05, 3.63) is 59.9 Å². The summed E-state index contributed by atoms with van der Waals surface area (Å²) in [6.45, 7) is 4.98. The lowest BCUT2D eigenvalue weighted by Crippen LogP contribution is -2.27. The van der Waals surface area contributed by atoms with Gasteiger partial charge in [-0.2, -0.15) is 0 Å². The third-order valence-corrected chi connectivity index (χ3v) is 4.25. The van der Waals surface area contributed by atoms with Crippen molar-refractivity contribution in [1.82, 2.24) is 4.57 Å². The highest BCUT2D eigenvalue weighted by Gasteiger charge is 2.16. The van der Waals surface area contributed by atoms with E-state index < -0.39 is 6.10 Å². The lowest BCUT2D eigenvalue weighted by molar-refractivity contribution is -0.645. The van der Waals surface area contributed by atoms with Gasteiger partial charge in [0.1, 0.15) is 25.0 Å². The Labute approximate surface area is 142 Å². The molecule has 0 bridgehead atoms. The van der Waals surface area contributed by atoms with Crippen LogP contribution in [0.5, 0.6) is 5.75 Å². The van der Waals surface area contributed by atoms with Crippen LogP contribution in [0.3, 0.4) is 0 Å². The molecule has 0 aliphatic carbocycles. The number of rotatable bonds is 6. The number of nitrogens with zero attached hydrogens (tertiary/aromatic N) is 2. The lowest BCUT2D eigenvalue weighted by Gasteiger charge is -2.12. The summed E-state index contributed by atoms with van der Waals surface area (Å²) in [5.41, 5.74) is 4.70. The molecule has 24 heavy (non-hydrogen) atoms. The molecule has 4 heteroatoms. The van der Waals surface area contributed by atoms with Crippen LogP contribution in [0.1, 0.15) is 18.1 Å². The molecule has 3 aromatic rings. The number of hydrogen-bond acceptors (Lipinski definition) is 2. The molecule has 1 atom stereocenters. The van der Waals surface area contributed by atoms with E-state index in [1.165, 1.54) is 11.1 Å². The second kappa shape index (κ2) is 7.05. The van der Waals surface area contributed by atoms with E-state index in [-0.39, 0.29) is 6.61 Å². The summed E-state index contributed by atoms with van der Waals surface area (Å²) < 4.78 is 9.95. The van der Waals surface area contributed by atoms with Gasteiger partial charge in [-0.25, -0.2) is 9.13 Å². The highest BCUT2D eigenvalue weighted by molar-refractivity contribution is 5.71. The number of ether oxygens (including phenoxy) is 1. The Bertz CT molecular complexity index is 839.